The second kappa shape index (κ2) is 6.47. The molecule has 0 spiro atoms. The zero-order chi connectivity index (χ0) is 19.2. The monoisotopic (exact) mass is 402 g/mol. The van der Waals surface area contributed by atoms with Crippen molar-refractivity contribution in [1.29, 1.82) is 0 Å². The second-order valence-electron chi connectivity index (χ2n) is 6.23. The number of nitrogens with zero attached hydrogens (tertiary/aromatic N) is 3. The van der Waals surface area contributed by atoms with Crippen LogP contribution in [0.2, 0.25) is 5.02 Å². The topological polar surface area (TPSA) is 83.8 Å². The standard InChI is InChI=1S/C18H15ClN4O3S/c1-2-18(11-3-5-12(19)6-4-11)15(25)23(16(26)21-18)10-13-9-14(24)22-7-8-27-17(22)20-13/h3-9H,2,10H2,1H3,(H,21,26)/t18-/m1/s1. The smallest absolute Gasteiger partial charge is 0.319 e. The number of carbonyl (C=O) groups is 2. The van der Waals surface area contributed by atoms with Crippen molar-refractivity contribution in [3.8, 4) is 0 Å². The first-order valence-corrected chi connectivity index (χ1v) is 9.56. The summed E-state index contributed by atoms with van der Waals surface area (Å²) in [7, 11) is 0. The third-order valence-electron chi connectivity index (χ3n) is 4.72. The quantitative estimate of drug-likeness (QED) is 0.680. The molecule has 0 saturated carbocycles. The van der Waals surface area contributed by atoms with Crippen LogP contribution in [0.3, 0.4) is 0 Å². The van der Waals surface area contributed by atoms with Gasteiger partial charge in [0.05, 0.1) is 12.2 Å². The lowest BCUT2D eigenvalue weighted by Gasteiger charge is -2.25. The Bertz CT molecular complexity index is 1110. The molecule has 27 heavy (non-hydrogen) atoms. The maximum absolute atomic E-state index is 13.2. The van der Waals surface area contributed by atoms with Crippen molar-refractivity contribution in [2.45, 2.75) is 25.4 Å². The highest BCUT2D eigenvalue weighted by molar-refractivity contribution is 7.15. The van der Waals surface area contributed by atoms with E-state index in [2.05, 4.69) is 10.3 Å². The summed E-state index contributed by atoms with van der Waals surface area (Å²) in [5.74, 6) is -0.370. The average Bonchev–Trinajstić information content (AvgIpc) is 3.21. The molecule has 7 nitrogen and oxygen atoms in total. The van der Waals surface area contributed by atoms with E-state index in [-0.39, 0.29) is 18.0 Å². The predicted octanol–water partition coefficient (Wildman–Crippen LogP) is 2.77. The lowest BCUT2D eigenvalue weighted by molar-refractivity contribution is -0.132. The average molecular weight is 403 g/mol. The number of amides is 3. The van der Waals surface area contributed by atoms with Crippen molar-refractivity contribution in [1.82, 2.24) is 19.6 Å². The summed E-state index contributed by atoms with van der Waals surface area (Å²) in [6.45, 7) is 1.77. The fourth-order valence-corrected chi connectivity index (χ4v) is 4.14. The number of carbonyl (C=O) groups excluding carboxylic acids is 2. The number of hydrogen-bond donors (Lipinski definition) is 1. The normalized spacial score (nSPS) is 19.7. The lowest BCUT2D eigenvalue weighted by Crippen LogP contribution is -2.43. The predicted molar refractivity (Wildman–Crippen MR) is 102 cm³/mol. The Hall–Kier alpha value is -2.71. The largest absolute Gasteiger partial charge is 0.325 e. The van der Waals surface area contributed by atoms with E-state index in [1.54, 1.807) is 35.8 Å². The summed E-state index contributed by atoms with van der Waals surface area (Å²) in [5.41, 5.74) is -0.363. The molecule has 2 aromatic heterocycles. The molecule has 1 fully saturated rings. The van der Waals surface area contributed by atoms with Crippen LogP contribution in [-0.4, -0.2) is 26.2 Å². The molecular weight excluding hydrogens is 388 g/mol. The summed E-state index contributed by atoms with van der Waals surface area (Å²) < 4.78 is 1.42. The van der Waals surface area contributed by atoms with Crippen molar-refractivity contribution in [2.24, 2.45) is 0 Å². The number of imide groups is 1. The highest BCUT2D eigenvalue weighted by atomic mass is 35.5. The number of urea groups is 1. The Kier molecular flexibility index (Phi) is 4.24. The minimum atomic E-state index is -1.15. The van der Waals surface area contributed by atoms with Crippen LogP contribution in [0.1, 0.15) is 24.6 Å². The summed E-state index contributed by atoms with van der Waals surface area (Å²) in [4.78, 5) is 43.9. The Morgan fingerprint density at radius 3 is 2.67 bits per heavy atom. The summed E-state index contributed by atoms with van der Waals surface area (Å²) in [6.07, 6.45) is 2.02. The molecule has 1 atom stereocenters. The van der Waals surface area contributed by atoms with E-state index in [0.717, 1.165) is 4.90 Å². The number of aromatic nitrogens is 2. The van der Waals surface area contributed by atoms with Crippen LogP contribution in [0, 0.1) is 0 Å². The second-order valence-corrected chi connectivity index (χ2v) is 7.54. The molecule has 1 aromatic carbocycles. The molecule has 0 aliphatic carbocycles. The number of hydrogen-bond acceptors (Lipinski definition) is 5. The van der Waals surface area contributed by atoms with Gasteiger partial charge in [-0.25, -0.2) is 9.78 Å². The van der Waals surface area contributed by atoms with Crippen LogP contribution in [-0.2, 0) is 16.9 Å². The SMILES string of the molecule is CC[C@]1(c2ccc(Cl)cc2)NC(=O)N(Cc2cc(=O)n3ccsc3n2)C1=O. The van der Waals surface area contributed by atoms with Crippen molar-refractivity contribution < 1.29 is 9.59 Å². The molecule has 3 amide bonds. The van der Waals surface area contributed by atoms with Gasteiger partial charge in [0.1, 0.15) is 5.54 Å². The Labute approximate surface area is 163 Å². The van der Waals surface area contributed by atoms with Gasteiger partial charge >= 0.3 is 6.03 Å². The fraction of sp³-hybridized carbons (Fsp3) is 0.222. The molecule has 1 saturated heterocycles. The number of rotatable bonds is 4. The molecule has 3 heterocycles. The maximum atomic E-state index is 13.2. The Balaban J connectivity index is 1.69. The van der Waals surface area contributed by atoms with Gasteiger partial charge in [0.2, 0.25) is 0 Å². The van der Waals surface area contributed by atoms with Gasteiger partial charge in [-0.1, -0.05) is 30.7 Å². The first-order chi connectivity index (χ1) is 12.9. The van der Waals surface area contributed by atoms with E-state index in [9.17, 15) is 14.4 Å². The Morgan fingerprint density at radius 1 is 1.22 bits per heavy atom. The number of benzene rings is 1. The zero-order valence-electron chi connectivity index (χ0n) is 14.3. The highest BCUT2D eigenvalue weighted by Crippen LogP contribution is 2.33. The molecule has 138 valence electrons. The van der Waals surface area contributed by atoms with Crippen molar-refractivity contribution in [3.05, 3.63) is 68.5 Å². The molecule has 0 unspecified atom stereocenters. The van der Waals surface area contributed by atoms with E-state index in [4.69, 9.17) is 11.6 Å². The number of halogens is 1. The van der Waals surface area contributed by atoms with Crippen LogP contribution in [0.25, 0.3) is 4.96 Å². The van der Waals surface area contributed by atoms with Crippen molar-refractivity contribution in [2.75, 3.05) is 0 Å². The van der Waals surface area contributed by atoms with Crippen LogP contribution < -0.4 is 10.9 Å². The molecule has 1 aliphatic heterocycles. The Morgan fingerprint density at radius 2 is 1.96 bits per heavy atom. The molecular formula is C18H15ClN4O3S. The molecule has 1 N–H and O–H groups in total. The fourth-order valence-electron chi connectivity index (χ4n) is 3.27. The minimum Gasteiger partial charge on any atom is -0.319 e. The third kappa shape index (κ3) is 2.81. The highest BCUT2D eigenvalue weighted by Gasteiger charge is 2.51. The van der Waals surface area contributed by atoms with Gasteiger partial charge in [0.25, 0.3) is 11.5 Å². The molecule has 1 aliphatic rings. The van der Waals surface area contributed by atoms with Crippen LogP contribution in [0.5, 0.6) is 0 Å². The van der Waals surface area contributed by atoms with Crippen LogP contribution in [0.15, 0.2) is 46.7 Å². The van der Waals surface area contributed by atoms with E-state index < -0.39 is 11.6 Å². The molecule has 0 radical (unpaired) electrons. The first kappa shape index (κ1) is 17.7. The lowest BCUT2D eigenvalue weighted by atomic mass is 9.87. The van der Waals surface area contributed by atoms with Crippen LogP contribution in [0.4, 0.5) is 4.79 Å². The van der Waals surface area contributed by atoms with Gasteiger partial charge in [-0.15, -0.1) is 11.3 Å². The van der Waals surface area contributed by atoms with Gasteiger partial charge in [0.15, 0.2) is 4.96 Å². The van der Waals surface area contributed by atoms with Crippen molar-refractivity contribution in [3.63, 3.8) is 0 Å². The van der Waals surface area contributed by atoms with E-state index in [0.29, 0.717) is 27.7 Å². The number of fused-ring (bicyclic) bond motifs is 1. The molecule has 0 bridgehead atoms. The van der Waals surface area contributed by atoms with Gasteiger partial charge in [-0.3, -0.25) is 18.9 Å². The summed E-state index contributed by atoms with van der Waals surface area (Å²) >= 11 is 7.25. The van der Waals surface area contributed by atoms with Crippen LogP contribution >= 0.6 is 22.9 Å². The van der Waals surface area contributed by atoms with Crippen molar-refractivity contribution >= 4 is 39.8 Å². The van der Waals surface area contributed by atoms with E-state index in [1.165, 1.54) is 21.8 Å². The molecule has 9 heteroatoms. The van der Waals surface area contributed by atoms with Gasteiger partial charge < -0.3 is 5.32 Å². The van der Waals surface area contributed by atoms with E-state index >= 15 is 0 Å². The number of nitrogens with one attached hydrogen (secondary N) is 1. The number of thiazole rings is 1. The summed E-state index contributed by atoms with van der Waals surface area (Å²) in [5, 5.41) is 5.11. The third-order valence-corrected chi connectivity index (χ3v) is 5.73. The van der Waals surface area contributed by atoms with Gasteiger partial charge in [0, 0.05) is 22.7 Å². The molecule has 3 aromatic rings. The van der Waals surface area contributed by atoms with Gasteiger partial charge in [-0.05, 0) is 24.1 Å². The first-order valence-electron chi connectivity index (χ1n) is 8.30. The zero-order valence-corrected chi connectivity index (χ0v) is 15.9. The molecule has 4 rings (SSSR count). The minimum absolute atomic E-state index is 0.0658. The van der Waals surface area contributed by atoms with Gasteiger partial charge in [-0.2, -0.15) is 0 Å². The maximum Gasteiger partial charge on any atom is 0.325 e. The summed E-state index contributed by atoms with van der Waals surface area (Å²) in [6, 6.07) is 7.66. The van der Waals surface area contributed by atoms with E-state index in [1.807, 2.05) is 6.92 Å².